The fourth-order valence-electron chi connectivity index (χ4n) is 2.98. The Hall–Kier alpha value is -0.830. The highest BCUT2D eigenvalue weighted by atomic mass is 127. The van der Waals surface area contributed by atoms with E-state index >= 15 is 0 Å². The van der Waals surface area contributed by atoms with E-state index in [9.17, 15) is 4.79 Å². The molecule has 0 aliphatic heterocycles. The van der Waals surface area contributed by atoms with Gasteiger partial charge < -0.3 is 9.47 Å². The first kappa shape index (κ1) is 18.9. The maximum absolute atomic E-state index is 12.4. The fraction of sp³-hybridized carbons (Fsp3) is 0.556. The third kappa shape index (κ3) is 4.48. The largest absolute Gasteiger partial charge is 0.489 e. The molecule has 3 rings (SSSR count). The van der Waals surface area contributed by atoms with Crippen molar-refractivity contribution in [2.75, 3.05) is 0 Å². The average molecular weight is 521 g/mol. The van der Waals surface area contributed by atoms with Crippen LogP contribution in [-0.4, -0.2) is 27.6 Å². The number of halogens is 2. The number of ether oxygens (including phenoxy) is 2. The number of fused-ring (bicyclic) bond motifs is 1. The van der Waals surface area contributed by atoms with Gasteiger partial charge in [-0.2, -0.15) is 9.78 Å². The molecule has 1 aliphatic rings. The fourth-order valence-corrected chi connectivity index (χ4v) is 4.05. The number of nitrogens with zero attached hydrogens (tertiary/aromatic N) is 2. The van der Waals surface area contributed by atoms with Gasteiger partial charge >= 0.3 is 6.09 Å². The zero-order chi connectivity index (χ0) is 18.2. The summed E-state index contributed by atoms with van der Waals surface area (Å²) in [5.74, 6) is 0.807. The van der Waals surface area contributed by atoms with Gasteiger partial charge in [-0.05, 0) is 97.1 Å². The molecule has 1 aromatic heterocycles. The van der Waals surface area contributed by atoms with Crippen LogP contribution in [0.2, 0.25) is 0 Å². The Balaban J connectivity index is 1.93. The lowest BCUT2D eigenvalue weighted by Gasteiger charge is -2.23. The number of rotatable bonds is 2. The van der Waals surface area contributed by atoms with E-state index in [4.69, 9.17) is 9.47 Å². The monoisotopic (exact) mass is 520 g/mol. The predicted octanol–water partition coefficient (Wildman–Crippen LogP) is 5.90. The SMILES string of the molecule is CC(C)(C)OC(=O)n1nc(I)c2cc(OC3CCCCC3)c(Br)cc21. The van der Waals surface area contributed by atoms with E-state index in [1.165, 1.54) is 23.9 Å². The van der Waals surface area contributed by atoms with Crippen molar-refractivity contribution < 1.29 is 14.3 Å². The molecule has 7 heteroatoms. The van der Waals surface area contributed by atoms with E-state index in [-0.39, 0.29) is 6.10 Å². The Morgan fingerprint density at radius 3 is 2.60 bits per heavy atom. The van der Waals surface area contributed by atoms with Gasteiger partial charge in [-0.3, -0.25) is 0 Å². The van der Waals surface area contributed by atoms with Crippen molar-refractivity contribution >= 4 is 55.5 Å². The second kappa shape index (κ2) is 7.42. The molecule has 0 spiro atoms. The van der Waals surface area contributed by atoms with Crippen molar-refractivity contribution in [1.82, 2.24) is 9.78 Å². The second-order valence-electron chi connectivity index (χ2n) is 7.36. The molecular weight excluding hydrogens is 499 g/mol. The van der Waals surface area contributed by atoms with Crippen LogP contribution >= 0.6 is 38.5 Å². The van der Waals surface area contributed by atoms with Crippen molar-refractivity contribution in [2.24, 2.45) is 0 Å². The number of aromatic nitrogens is 2. The molecule has 0 unspecified atom stereocenters. The molecule has 0 radical (unpaired) electrons. The molecule has 5 nitrogen and oxygen atoms in total. The molecule has 0 bridgehead atoms. The summed E-state index contributed by atoms with van der Waals surface area (Å²) in [6.07, 6.45) is 5.71. The Labute approximate surface area is 169 Å². The summed E-state index contributed by atoms with van der Waals surface area (Å²) in [7, 11) is 0. The highest BCUT2D eigenvalue weighted by Gasteiger charge is 2.23. The minimum Gasteiger partial charge on any atom is -0.489 e. The molecule has 1 aliphatic carbocycles. The maximum Gasteiger partial charge on any atom is 0.435 e. The van der Waals surface area contributed by atoms with Gasteiger partial charge in [0, 0.05) is 5.39 Å². The molecular formula is C18H22BrIN2O3. The van der Waals surface area contributed by atoms with E-state index in [0.717, 1.165) is 32.2 Å². The highest BCUT2D eigenvalue weighted by molar-refractivity contribution is 14.1. The van der Waals surface area contributed by atoms with Crippen LogP contribution in [0.5, 0.6) is 5.75 Å². The summed E-state index contributed by atoms with van der Waals surface area (Å²) >= 11 is 5.72. The number of carbonyl (C=O) groups excluding carboxylic acids is 1. The molecule has 0 N–H and O–H groups in total. The lowest BCUT2D eigenvalue weighted by atomic mass is 9.98. The van der Waals surface area contributed by atoms with Crippen LogP contribution in [0.4, 0.5) is 4.79 Å². The summed E-state index contributed by atoms with van der Waals surface area (Å²) in [4.78, 5) is 12.4. The van der Waals surface area contributed by atoms with Crippen LogP contribution in [0, 0.1) is 3.70 Å². The number of carbonyl (C=O) groups is 1. The van der Waals surface area contributed by atoms with Gasteiger partial charge in [0.15, 0.2) is 0 Å². The lowest BCUT2D eigenvalue weighted by molar-refractivity contribution is 0.0522. The van der Waals surface area contributed by atoms with Gasteiger partial charge in [0.25, 0.3) is 0 Å². The van der Waals surface area contributed by atoms with Crippen molar-refractivity contribution in [1.29, 1.82) is 0 Å². The van der Waals surface area contributed by atoms with Crippen molar-refractivity contribution in [2.45, 2.75) is 64.6 Å². The van der Waals surface area contributed by atoms with Crippen LogP contribution in [0.15, 0.2) is 16.6 Å². The first-order valence-corrected chi connectivity index (χ1v) is 10.4. The summed E-state index contributed by atoms with van der Waals surface area (Å²) in [6, 6.07) is 3.84. The summed E-state index contributed by atoms with van der Waals surface area (Å²) in [5.41, 5.74) is 0.142. The van der Waals surface area contributed by atoms with Gasteiger partial charge in [0.05, 0.1) is 16.1 Å². The quantitative estimate of drug-likeness (QED) is 0.463. The molecule has 1 aromatic carbocycles. The molecule has 1 fully saturated rings. The molecule has 136 valence electrons. The predicted molar refractivity (Wildman–Crippen MR) is 109 cm³/mol. The number of benzene rings is 1. The topological polar surface area (TPSA) is 53.4 Å². The minimum atomic E-state index is -0.567. The molecule has 1 heterocycles. The third-order valence-corrected chi connectivity index (χ3v) is 5.52. The van der Waals surface area contributed by atoms with Crippen LogP contribution in [0.3, 0.4) is 0 Å². The van der Waals surface area contributed by atoms with Gasteiger partial charge in [0.1, 0.15) is 15.1 Å². The van der Waals surface area contributed by atoms with Crippen molar-refractivity contribution in [3.63, 3.8) is 0 Å². The average Bonchev–Trinajstić information content (AvgIpc) is 2.84. The normalized spacial score (nSPS) is 16.2. The van der Waals surface area contributed by atoms with Gasteiger partial charge in [0.2, 0.25) is 0 Å². The van der Waals surface area contributed by atoms with Crippen molar-refractivity contribution in [3.8, 4) is 5.75 Å². The summed E-state index contributed by atoms with van der Waals surface area (Å²) in [6.45, 7) is 5.52. The van der Waals surface area contributed by atoms with Crippen LogP contribution < -0.4 is 4.74 Å². The van der Waals surface area contributed by atoms with Crippen LogP contribution in [-0.2, 0) is 4.74 Å². The summed E-state index contributed by atoms with van der Waals surface area (Å²) < 4.78 is 14.5. The molecule has 25 heavy (non-hydrogen) atoms. The first-order chi connectivity index (χ1) is 11.7. The minimum absolute atomic E-state index is 0.265. The molecule has 0 saturated heterocycles. The Bertz CT molecular complexity index is 792. The van der Waals surface area contributed by atoms with E-state index in [2.05, 4.69) is 43.6 Å². The molecule has 0 atom stereocenters. The molecule has 2 aromatic rings. The highest BCUT2D eigenvalue weighted by Crippen LogP contribution is 2.35. The Morgan fingerprint density at radius 2 is 1.96 bits per heavy atom. The second-order valence-corrected chi connectivity index (χ2v) is 9.24. The maximum atomic E-state index is 12.4. The van der Waals surface area contributed by atoms with Crippen molar-refractivity contribution in [3.05, 3.63) is 20.3 Å². The smallest absolute Gasteiger partial charge is 0.435 e. The first-order valence-electron chi connectivity index (χ1n) is 8.52. The Morgan fingerprint density at radius 1 is 1.28 bits per heavy atom. The standard InChI is InChI=1S/C18H22BrIN2O3/c1-18(2,3)25-17(23)22-14-10-13(19)15(9-12(14)16(20)21-22)24-11-7-5-4-6-8-11/h9-11H,4-8H2,1-3H3. The third-order valence-electron chi connectivity index (χ3n) is 4.10. The lowest BCUT2D eigenvalue weighted by Crippen LogP contribution is -2.27. The van der Waals surface area contributed by atoms with Gasteiger partial charge in [-0.25, -0.2) is 4.79 Å². The van der Waals surface area contributed by atoms with E-state index in [1.807, 2.05) is 32.9 Å². The zero-order valence-electron chi connectivity index (χ0n) is 14.6. The zero-order valence-corrected chi connectivity index (χ0v) is 18.4. The number of hydrogen-bond donors (Lipinski definition) is 0. The van der Waals surface area contributed by atoms with Crippen LogP contribution in [0.25, 0.3) is 10.9 Å². The van der Waals surface area contributed by atoms with E-state index < -0.39 is 11.7 Å². The summed E-state index contributed by atoms with van der Waals surface area (Å²) in [5, 5.41) is 5.24. The number of hydrogen-bond acceptors (Lipinski definition) is 4. The van der Waals surface area contributed by atoms with Crippen LogP contribution in [0.1, 0.15) is 52.9 Å². The Kier molecular flexibility index (Phi) is 5.63. The molecule has 0 amide bonds. The molecule has 1 saturated carbocycles. The van der Waals surface area contributed by atoms with Gasteiger partial charge in [-0.15, -0.1) is 0 Å². The van der Waals surface area contributed by atoms with Gasteiger partial charge in [-0.1, -0.05) is 6.42 Å². The van der Waals surface area contributed by atoms with E-state index in [0.29, 0.717) is 5.52 Å². The van der Waals surface area contributed by atoms with E-state index in [1.54, 1.807) is 0 Å².